The average Bonchev–Trinajstić information content (AvgIpc) is 2.44. The summed E-state index contributed by atoms with van der Waals surface area (Å²) >= 11 is 0. The van der Waals surface area contributed by atoms with Gasteiger partial charge < -0.3 is 14.6 Å². The summed E-state index contributed by atoms with van der Waals surface area (Å²) < 4.78 is 20.2. The minimum Gasteiger partial charge on any atom is -0.489 e. The summed E-state index contributed by atoms with van der Waals surface area (Å²) in [6, 6.07) is 6.63. The van der Waals surface area contributed by atoms with Gasteiger partial charge in [0.25, 0.3) is 11.5 Å². The molecule has 1 aromatic heterocycles. The van der Waals surface area contributed by atoms with Gasteiger partial charge in [-0.15, -0.1) is 0 Å². The second-order valence-electron chi connectivity index (χ2n) is 5.13. The molecule has 1 heterocycles. The van der Waals surface area contributed by atoms with Gasteiger partial charge in [0.05, 0.1) is 11.8 Å². The third-order valence-corrected chi connectivity index (χ3v) is 2.92. The molecule has 0 unspecified atom stereocenters. The summed E-state index contributed by atoms with van der Waals surface area (Å²) in [5, 5.41) is 2.63. The molecule has 0 spiro atoms. The normalized spacial score (nSPS) is 10.6. The first-order valence-electron chi connectivity index (χ1n) is 6.81. The Morgan fingerprint density at radius 3 is 2.64 bits per heavy atom. The minimum atomic E-state index is -0.460. The van der Waals surface area contributed by atoms with Crippen LogP contribution in [-0.2, 0) is 7.05 Å². The van der Waals surface area contributed by atoms with Gasteiger partial charge in [0.15, 0.2) is 0 Å². The van der Waals surface area contributed by atoms with Gasteiger partial charge in [-0.3, -0.25) is 9.59 Å². The first-order chi connectivity index (χ1) is 10.4. The molecule has 0 aliphatic rings. The predicted molar refractivity (Wildman–Crippen MR) is 81.8 cm³/mol. The maximum atomic E-state index is 13.3. The number of ether oxygens (including phenoxy) is 1. The van der Waals surface area contributed by atoms with Crippen molar-refractivity contribution in [2.75, 3.05) is 5.32 Å². The minimum absolute atomic E-state index is 0.165. The average molecular weight is 304 g/mol. The molecule has 0 saturated carbocycles. The van der Waals surface area contributed by atoms with Crippen LogP contribution >= 0.6 is 0 Å². The first-order valence-corrected chi connectivity index (χ1v) is 6.81. The van der Waals surface area contributed by atoms with Gasteiger partial charge in [-0.25, -0.2) is 4.39 Å². The molecule has 116 valence electrons. The number of carbonyl (C=O) groups excluding carboxylic acids is 1. The van der Waals surface area contributed by atoms with Crippen molar-refractivity contribution in [1.29, 1.82) is 0 Å². The Balaban J connectivity index is 2.27. The molecule has 2 aromatic rings. The summed E-state index contributed by atoms with van der Waals surface area (Å²) in [6.45, 7) is 3.61. The van der Waals surface area contributed by atoms with Crippen LogP contribution in [0.5, 0.6) is 5.75 Å². The van der Waals surface area contributed by atoms with E-state index >= 15 is 0 Å². The Bertz CT molecular complexity index is 753. The maximum Gasteiger partial charge on any atom is 0.256 e. The topological polar surface area (TPSA) is 60.3 Å². The van der Waals surface area contributed by atoms with E-state index in [0.29, 0.717) is 5.69 Å². The van der Waals surface area contributed by atoms with Gasteiger partial charge in [-0.1, -0.05) is 0 Å². The van der Waals surface area contributed by atoms with Crippen LogP contribution in [0.15, 0.2) is 41.3 Å². The van der Waals surface area contributed by atoms with Crippen molar-refractivity contribution < 1.29 is 13.9 Å². The zero-order chi connectivity index (χ0) is 16.3. The van der Waals surface area contributed by atoms with Crippen molar-refractivity contribution in [2.24, 2.45) is 7.05 Å². The number of benzene rings is 1. The first kappa shape index (κ1) is 15.8. The highest BCUT2D eigenvalue weighted by Crippen LogP contribution is 2.26. The van der Waals surface area contributed by atoms with Crippen molar-refractivity contribution in [3.05, 3.63) is 58.3 Å². The second kappa shape index (κ2) is 6.43. The van der Waals surface area contributed by atoms with Crippen molar-refractivity contribution in [3.63, 3.8) is 0 Å². The van der Waals surface area contributed by atoms with Crippen LogP contribution in [0, 0.1) is 5.82 Å². The van der Waals surface area contributed by atoms with E-state index in [-0.39, 0.29) is 23.0 Å². The molecule has 0 radical (unpaired) electrons. The number of nitrogens with one attached hydrogen (secondary N) is 1. The molecular formula is C16H17FN2O3. The molecule has 1 N–H and O–H groups in total. The zero-order valence-electron chi connectivity index (χ0n) is 12.6. The number of nitrogens with zero attached hydrogens (tertiary/aromatic N) is 1. The molecule has 1 amide bonds. The molecule has 6 heteroatoms. The molecule has 5 nitrogen and oxygen atoms in total. The van der Waals surface area contributed by atoms with Gasteiger partial charge in [0, 0.05) is 30.9 Å². The lowest BCUT2D eigenvalue weighted by Crippen LogP contribution is -2.20. The molecule has 22 heavy (non-hydrogen) atoms. The molecule has 0 saturated heterocycles. The van der Waals surface area contributed by atoms with Crippen LogP contribution in [0.1, 0.15) is 24.2 Å². The number of aryl methyl sites for hydroxylation is 1. The van der Waals surface area contributed by atoms with Gasteiger partial charge >= 0.3 is 0 Å². The Kier molecular flexibility index (Phi) is 4.60. The van der Waals surface area contributed by atoms with Crippen LogP contribution in [-0.4, -0.2) is 16.6 Å². The third-order valence-electron chi connectivity index (χ3n) is 2.92. The third kappa shape index (κ3) is 3.72. The smallest absolute Gasteiger partial charge is 0.256 e. The van der Waals surface area contributed by atoms with Crippen LogP contribution < -0.4 is 15.6 Å². The van der Waals surface area contributed by atoms with Gasteiger partial charge in [-0.05, 0) is 32.0 Å². The number of anilines is 1. The fraction of sp³-hybridized carbons (Fsp3) is 0.250. The highest BCUT2D eigenvalue weighted by atomic mass is 19.1. The number of rotatable bonds is 4. The fourth-order valence-electron chi connectivity index (χ4n) is 1.84. The van der Waals surface area contributed by atoms with E-state index < -0.39 is 11.7 Å². The number of carbonyl (C=O) groups is 1. The predicted octanol–water partition coefficient (Wildman–Crippen LogP) is 2.56. The summed E-state index contributed by atoms with van der Waals surface area (Å²) in [7, 11) is 1.60. The van der Waals surface area contributed by atoms with E-state index in [1.807, 2.05) is 0 Å². The van der Waals surface area contributed by atoms with Gasteiger partial charge in [-0.2, -0.15) is 0 Å². The Labute approximate surface area is 127 Å². The SMILES string of the molecule is CC(C)Oc1cc(F)ccc1NC(=O)c1ccn(C)c(=O)c1. The van der Waals surface area contributed by atoms with Crippen molar-refractivity contribution in [1.82, 2.24) is 4.57 Å². The summed E-state index contributed by atoms with van der Waals surface area (Å²) in [5.74, 6) is -0.674. The quantitative estimate of drug-likeness (QED) is 0.944. The molecule has 1 aromatic carbocycles. The van der Waals surface area contributed by atoms with Crippen molar-refractivity contribution in [2.45, 2.75) is 20.0 Å². The van der Waals surface area contributed by atoms with Crippen molar-refractivity contribution in [3.8, 4) is 5.75 Å². The van der Waals surface area contributed by atoms with Crippen LogP contribution in [0.3, 0.4) is 0 Å². The van der Waals surface area contributed by atoms with Crippen molar-refractivity contribution >= 4 is 11.6 Å². The van der Waals surface area contributed by atoms with Gasteiger partial charge in [0.1, 0.15) is 11.6 Å². The lowest BCUT2D eigenvalue weighted by Gasteiger charge is -2.15. The molecule has 0 bridgehead atoms. The summed E-state index contributed by atoms with van der Waals surface area (Å²) in [4.78, 5) is 23.8. The lowest BCUT2D eigenvalue weighted by atomic mass is 10.2. The lowest BCUT2D eigenvalue weighted by molar-refractivity contribution is 0.102. The number of halogens is 1. The van der Waals surface area contributed by atoms with Crippen LogP contribution in [0.4, 0.5) is 10.1 Å². The van der Waals surface area contributed by atoms with E-state index in [4.69, 9.17) is 4.74 Å². The monoisotopic (exact) mass is 304 g/mol. The zero-order valence-corrected chi connectivity index (χ0v) is 12.6. The second-order valence-corrected chi connectivity index (χ2v) is 5.13. The molecule has 0 atom stereocenters. The van der Waals surface area contributed by atoms with Crippen LogP contribution in [0.25, 0.3) is 0 Å². The largest absolute Gasteiger partial charge is 0.489 e. The molecule has 2 rings (SSSR count). The Morgan fingerprint density at radius 1 is 1.27 bits per heavy atom. The highest BCUT2D eigenvalue weighted by Gasteiger charge is 2.12. The number of amides is 1. The number of aromatic nitrogens is 1. The van der Waals surface area contributed by atoms with E-state index in [0.717, 1.165) is 0 Å². The number of hydrogen-bond acceptors (Lipinski definition) is 3. The van der Waals surface area contributed by atoms with E-state index in [2.05, 4.69) is 5.32 Å². The van der Waals surface area contributed by atoms with E-state index in [1.54, 1.807) is 20.9 Å². The number of hydrogen-bond donors (Lipinski definition) is 1. The van der Waals surface area contributed by atoms with Gasteiger partial charge in [0.2, 0.25) is 0 Å². The Hall–Kier alpha value is -2.63. The van der Waals surface area contributed by atoms with E-state index in [9.17, 15) is 14.0 Å². The van der Waals surface area contributed by atoms with E-state index in [1.165, 1.54) is 41.1 Å². The fourth-order valence-corrected chi connectivity index (χ4v) is 1.84. The molecule has 0 aliphatic carbocycles. The molecule has 0 fully saturated rings. The highest BCUT2D eigenvalue weighted by molar-refractivity contribution is 6.04. The molecular weight excluding hydrogens is 287 g/mol. The maximum absolute atomic E-state index is 13.3. The number of pyridine rings is 1. The Morgan fingerprint density at radius 2 is 2.00 bits per heavy atom. The summed E-state index contributed by atoms with van der Waals surface area (Å²) in [5.41, 5.74) is 0.286. The standard InChI is InChI=1S/C16H17FN2O3/c1-10(2)22-14-9-12(17)4-5-13(14)18-16(21)11-6-7-19(3)15(20)8-11/h4-10H,1-3H3,(H,18,21). The van der Waals surface area contributed by atoms with Crippen LogP contribution in [0.2, 0.25) is 0 Å². The summed E-state index contributed by atoms with van der Waals surface area (Å²) in [6.07, 6.45) is 1.34. The molecule has 0 aliphatic heterocycles.